The second-order valence-corrected chi connectivity index (χ2v) is 8.42. The van der Waals surface area contributed by atoms with E-state index in [4.69, 9.17) is 4.74 Å². The number of aromatic nitrogens is 2. The summed E-state index contributed by atoms with van der Waals surface area (Å²) in [4.78, 5) is 27.3. The number of hydrogen-bond donors (Lipinski definition) is 1. The normalized spacial score (nSPS) is 10.9. The number of methoxy groups -OCH3 is 1. The molecule has 1 amide bonds. The molecule has 0 aliphatic heterocycles. The second-order valence-electron chi connectivity index (χ2n) is 7.54. The van der Waals surface area contributed by atoms with Crippen molar-refractivity contribution in [2.75, 3.05) is 7.11 Å². The van der Waals surface area contributed by atoms with Crippen LogP contribution in [0.1, 0.15) is 10.4 Å². The molecule has 0 radical (unpaired) electrons. The molecule has 1 heterocycles. The lowest BCUT2D eigenvalue weighted by molar-refractivity contribution is 0.0984. The van der Waals surface area contributed by atoms with Gasteiger partial charge in [-0.25, -0.2) is 9.36 Å². The summed E-state index contributed by atoms with van der Waals surface area (Å²) in [5.41, 5.74) is 2.54. The summed E-state index contributed by atoms with van der Waals surface area (Å²) in [5.74, 6) is 0.472. The number of carbonyl (C=O) groups is 1. The van der Waals surface area contributed by atoms with Crippen molar-refractivity contribution < 1.29 is 9.53 Å². The average Bonchev–Trinajstić information content (AvgIpc) is 3.20. The molecule has 1 aromatic heterocycles. The number of amides is 1. The Morgan fingerprint density at radius 3 is 2.03 bits per heavy atom. The van der Waals surface area contributed by atoms with Crippen molar-refractivity contribution >= 4 is 28.8 Å². The van der Waals surface area contributed by atoms with Gasteiger partial charge in [0.25, 0.3) is 11.5 Å². The Labute approximate surface area is 200 Å². The van der Waals surface area contributed by atoms with Gasteiger partial charge < -0.3 is 4.74 Å². The Hall–Kier alpha value is -4.23. The summed E-state index contributed by atoms with van der Waals surface area (Å²) in [7, 11) is 1.61. The Kier molecular flexibility index (Phi) is 5.93. The highest BCUT2D eigenvalue weighted by Crippen LogP contribution is 2.23. The molecule has 0 unspecified atom stereocenters. The third-order valence-electron chi connectivity index (χ3n) is 5.43. The molecule has 0 bridgehead atoms. The van der Waals surface area contributed by atoms with Gasteiger partial charge in [0.05, 0.1) is 29.4 Å². The standard InChI is InChI=1S/C27H21N3O3S/c1-33-22-13-15-23(16-14-22)34-28-26(31)19-12-17-25-24(18-19)27(32)30(21-10-6-3-7-11-21)29(25)20-8-4-2-5-9-20/h2-18H,1H3,(H,28,31). The SMILES string of the molecule is COc1ccc(SNC(=O)c2ccc3c(c2)c(=O)n(-c2ccccc2)n3-c2ccccc2)cc1. The van der Waals surface area contributed by atoms with Crippen LogP contribution in [-0.4, -0.2) is 22.4 Å². The number of nitrogens with one attached hydrogen (secondary N) is 1. The lowest BCUT2D eigenvalue weighted by atomic mass is 10.1. The van der Waals surface area contributed by atoms with E-state index in [2.05, 4.69) is 4.72 Å². The first kappa shape index (κ1) is 21.6. The van der Waals surface area contributed by atoms with Gasteiger partial charge in [-0.05, 0) is 78.7 Å². The summed E-state index contributed by atoms with van der Waals surface area (Å²) < 4.78 is 11.5. The zero-order chi connectivity index (χ0) is 23.5. The largest absolute Gasteiger partial charge is 0.497 e. The van der Waals surface area contributed by atoms with Crippen LogP contribution in [0, 0.1) is 0 Å². The molecule has 168 valence electrons. The lowest BCUT2D eigenvalue weighted by Crippen LogP contribution is -2.20. The van der Waals surface area contributed by atoms with Crippen LogP contribution in [-0.2, 0) is 0 Å². The van der Waals surface area contributed by atoms with Crippen molar-refractivity contribution in [3.63, 3.8) is 0 Å². The smallest absolute Gasteiger partial charge is 0.279 e. The maximum absolute atomic E-state index is 13.5. The zero-order valence-corrected chi connectivity index (χ0v) is 19.2. The maximum Gasteiger partial charge on any atom is 0.279 e. The highest BCUT2D eigenvalue weighted by Gasteiger charge is 2.18. The third-order valence-corrected chi connectivity index (χ3v) is 6.23. The fourth-order valence-electron chi connectivity index (χ4n) is 3.78. The van der Waals surface area contributed by atoms with Crippen molar-refractivity contribution in [2.24, 2.45) is 0 Å². The van der Waals surface area contributed by atoms with Gasteiger partial charge in [-0.3, -0.25) is 14.3 Å². The van der Waals surface area contributed by atoms with Crippen LogP contribution in [0.3, 0.4) is 0 Å². The van der Waals surface area contributed by atoms with Gasteiger partial charge in [0.1, 0.15) is 5.75 Å². The Balaban J connectivity index is 1.53. The van der Waals surface area contributed by atoms with Crippen LogP contribution in [0.25, 0.3) is 22.3 Å². The molecular weight excluding hydrogens is 446 g/mol. The molecule has 0 aliphatic rings. The first-order valence-electron chi connectivity index (χ1n) is 10.7. The van der Waals surface area contributed by atoms with Crippen LogP contribution in [0.15, 0.2) is 113 Å². The molecule has 34 heavy (non-hydrogen) atoms. The number of nitrogens with zero attached hydrogens (tertiary/aromatic N) is 2. The van der Waals surface area contributed by atoms with E-state index in [1.54, 1.807) is 23.9 Å². The van der Waals surface area contributed by atoms with Crippen LogP contribution < -0.4 is 15.0 Å². The van der Waals surface area contributed by atoms with Crippen LogP contribution in [0.2, 0.25) is 0 Å². The Bertz CT molecular complexity index is 1510. The van der Waals surface area contributed by atoms with E-state index in [0.29, 0.717) is 10.9 Å². The number of carbonyl (C=O) groups excluding carboxylic acids is 1. The van der Waals surface area contributed by atoms with E-state index in [1.807, 2.05) is 95.7 Å². The second kappa shape index (κ2) is 9.33. The monoisotopic (exact) mass is 467 g/mol. The summed E-state index contributed by atoms with van der Waals surface area (Å²) in [6.07, 6.45) is 0. The maximum atomic E-state index is 13.5. The molecule has 4 aromatic carbocycles. The highest BCUT2D eigenvalue weighted by atomic mass is 32.2. The summed E-state index contributed by atoms with van der Waals surface area (Å²) >= 11 is 1.21. The topological polar surface area (TPSA) is 65.3 Å². The molecule has 0 atom stereocenters. The van der Waals surface area contributed by atoms with Gasteiger partial charge in [-0.2, -0.15) is 0 Å². The molecule has 6 nitrogen and oxygen atoms in total. The van der Waals surface area contributed by atoms with E-state index in [0.717, 1.165) is 27.5 Å². The van der Waals surface area contributed by atoms with Crippen molar-refractivity contribution in [1.29, 1.82) is 0 Å². The quantitative estimate of drug-likeness (QED) is 0.348. The van der Waals surface area contributed by atoms with Gasteiger partial charge >= 0.3 is 0 Å². The van der Waals surface area contributed by atoms with Gasteiger partial charge in [-0.15, -0.1) is 0 Å². The van der Waals surface area contributed by atoms with Gasteiger partial charge in [0.2, 0.25) is 0 Å². The van der Waals surface area contributed by atoms with Crippen molar-refractivity contribution in [1.82, 2.24) is 14.1 Å². The van der Waals surface area contributed by atoms with Crippen molar-refractivity contribution in [2.45, 2.75) is 4.90 Å². The molecular formula is C27H21N3O3S. The molecule has 0 aliphatic carbocycles. The fraction of sp³-hybridized carbons (Fsp3) is 0.0370. The average molecular weight is 468 g/mol. The highest BCUT2D eigenvalue weighted by molar-refractivity contribution is 7.98. The number of benzene rings is 4. The first-order chi connectivity index (χ1) is 16.7. The molecule has 1 N–H and O–H groups in total. The molecule has 5 rings (SSSR count). The van der Waals surface area contributed by atoms with E-state index in [1.165, 1.54) is 11.9 Å². The van der Waals surface area contributed by atoms with E-state index < -0.39 is 0 Å². The molecule has 7 heteroatoms. The minimum absolute atomic E-state index is 0.192. The molecule has 0 saturated carbocycles. The van der Waals surface area contributed by atoms with Gasteiger partial charge in [0.15, 0.2) is 0 Å². The van der Waals surface area contributed by atoms with Crippen LogP contribution >= 0.6 is 11.9 Å². The first-order valence-corrected chi connectivity index (χ1v) is 11.5. The number of ether oxygens (including phenoxy) is 1. The minimum atomic E-state index is -0.277. The van der Waals surface area contributed by atoms with Crippen LogP contribution in [0.5, 0.6) is 5.75 Å². The van der Waals surface area contributed by atoms with E-state index in [9.17, 15) is 9.59 Å². The predicted octanol–water partition coefficient (Wildman–Crippen LogP) is 5.23. The Morgan fingerprint density at radius 2 is 1.41 bits per heavy atom. The van der Waals surface area contributed by atoms with Crippen molar-refractivity contribution in [3.8, 4) is 17.1 Å². The lowest BCUT2D eigenvalue weighted by Gasteiger charge is -2.13. The predicted molar refractivity (Wildman–Crippen MR) is 135 cm³/mol. The van der Waals surface area contributed by atoms with Gasteiger partial charge in [-0.1, -0.05) is 36.4 Å². The molecule has 0 spiro atoms. The number of para-hydroxylation sites is 2. The third kappa shape index (κ3) is 4.09. The van der Waals surface area contributed by atoms with E-state index >= 15 is 0 Å². The van der Waals surface area contributed by atoms with Crippen molar-refractivity contribution in [3.05, 3.63) is 119 Å². The number of rotatable bonds is 6. The minimum Gasteiger partial charge on any atom is -0.497 e. The van der Waals surface area contributed by atoms with Crippen LogP contribution in [0.4, 0.5) is 0 Å². The number of hydrogen-bond acceptors (Lipinski definition) is 4. The molecule has 5 aromatic rings. The Morgan fingerprint density at radius 1 is 0.794 bits per heavy atom. The number of fused-ring (bicyclic) bond motifs is 1. The van der Waals surface area contributed by atoms with E-state index in [-0.39, 0.29) is 11.5 Å². The van der Waals surface area contributed by atoms with Gasteiger partial charge in [0, 0.05) is 10.5 Å². The summed E-state index contributed by atoms with van der Waals surface area (Å²) in [5, 5.41) is 0.467. The summed E-state index contributed by atoms with van der Waals surface area (Å²) in [6, 6.07) is 31.8. The zero-order valence-electron chi connectivity index (χ0n) is 18.3. The summed E-state index contributed by atoms with van der Waals surface area (Å²) in [6.45, 7) is 0. The molecule has 0 fully saturated rings. The fourth-order valence-corrected chi connectivity index (χ4v) is 4.38. The molecule has 0 saturated heterocycles.